The molecule has 2 unspecified atom stereocenters. The quantitative estimate of drug-likeness (QED) is 0.195. The minimum absolute atomic E-state index is 0.0000400. The van der Waals surface area contributed by atoms with Gasteiger partial charge in [0, 0.05) is 17.5 Å². The average molecular weight is 516 g/mol. The zero-order chi connectivity index (χ0) is 28.3. The molecule has 0 aliphatic carbocycles. The number of hydrogen-bond donors (Lipinski definition) is 3. The topological polar surface area (TPSA) is 97.8 Å². The molecule has 3 aromatic carbocycles. The molecular weight excluding hydrogens is 474 g/mol. The Bertz CT molecular complexity index is 1360. The van der Waals surface area contributed by atoms with Crippen LogP contribution < -0.4 is 0 Å². The number of phenols is 3. The van der Waals surface area contributed by atoms with Crippen molar-refractivity contribution in [1.82, 2.24) is 0 Å². The molecule has 0 aromatic heterocycles. The molecule has 3 rings (SSSR count). The van der Waals surface area contributed by atoms with Gasteiger partial charge >= 0.3 is 0 Å². The molecule has 0 fully saturated rings. The summed E-state index contributed by atoms with van der Waals surface area (Å²) in [6.45, 7) is 19.9. The number of phenolic OH excluding ortho intramolecular Hbond substituents is 3. The fourth-order valence-electron chi connectivity index (χ4n) is 4.61. The zero-order valence-corrected chi connectivity index (χ0v) is 24.0. The zero-order valence-electron chi connectivity index (χ0n) is 24.0. The van der Waals surface area contributed by atoms with Gasteiger partial charge in [0.25, 0.3) is 0 Å². The number of hydrogen-bond acceptors (Lipinski definition) is 6. The van der Waals surface area contributed by atoms with Crippen molar-refractivity contribution in [1.29, 1.82) is 0 Å². The Morgan fingerprint density at radius 1 is 0.658 bits per heavy atom. The SMILES string of the molecule is C=Nc1cc(C(C)CC)cc(Cc2cc(C(C)CC)cc(N=Nc3c(C)c(C)c(C)c(C)c3O)c2O)c1O. The number of benzene rings is 3. The minimum Gasteiger partial charge on any atom is -0.505 e. The average Bonchev–Trinajstić information content (AvgIpc) is 2.92. The van der Waals surface area contributed by atoms with Gasteiger partial charge in [-0.2, -0.15) is 0 Å². The maximum Gasteiger partial charge on any atom is 0.146 e. The summed E-state index contributed by atoms with van der Waals surface area (Å²) in [4.78, 5) is 4.03. The Morgan fingerprint density at radius 3 is 1.63 bits per heavy atom. The van der Waals surface area contributed by atoms with E-state index in [0.29, 0.717) is 34.6 Å². The van der Waals surface area contributed by atoms with Crippen molar-refractivity contribution >= 4 is 23.8 Å². The van der Waals surface area contributed by atoms with Gasteiger partial charge in [-0.15, -0.1) is 10.2 Å². The van der Waals surface area contributed by atoms with Crippen molar-refractivity contribution < 1.29 is 15.3 Å². The lowest BCUT2D eigenvalue weighted by Crippen LogP contribution is -1.99. The van der Waals surface area contributed by atoms with Crippen LogP contribution in [0.25, 0.3) is 0 Å². The van der Waals surface area contributed by atoms with Crippen LogP contribution in [-0.2, 0) is 6.42 Å². The van der Waals surface area contributed by atoms with Crippen LogP contribution in [0.5, 0.6) is 17.2 Å². The van der Waals surface area contributed by atoms with Crippen molar-refractivity contribution in [3.63, 3.8) is 0 Å². The van der Waals surface area contributed by atoms with Crippen molar-refractivity contribution in [2.45, 2.75) is 86.5 Å². The number of rotatable bonds is 9. The minimum atomic E-state index is -0.0000400. The van der Waals surface area contributed by atoms with E-state index in [1.807, 2.05) is 52.0 Å². The largest absolute Gasteiger partial charge is 0.505 e. The molecule has 0 radical (unpaired) electrons. The highest BCUT2D eigenvalue weighted by Crippen LogP contribution is 2.43. The number of nitrogens with zero attached hydrogens (tertiary/aromatic N) is 3. The highest BCUT2D eigenvalue weighted by Gasteiger charge is 2.19. The van der Waals surface area contributed by atoms with Gasteiger partial charge in [-0.3, -0.25) is 4.99 Å². The monoisotopic (exact) mass is 515 g/mol. The first-order chi connectivity index (χ1) is 17.9. The number of aromatic hydroxyl groups is 3. The number of azo groups is 1. The van der Waals surface area contributed by atoms with Crippen LogP contribution in [0.15, 0.2) is 39.5 Å². The molecule has 0 aliphatic heterocycles. The van der Waals surface area contributed by atoms with Crippen LogP contribution in [0.1, 0.15) is 96.9 Å². The van der Waals surface area contributed by atoms with E-state index in [-0.39, 0.29) is 29.1 Å². The van der Waals surface area contributed by atoms with Gasteiger partial charge in [0.05, 0.1) is 0 Å². The van der Waals surface area contributed by atoms with Gasteiger partial charge in [0.15, 0.2) is 0 Å². The summed E-state index contributed by atoms with van der Waals surface area (Å²) in [5, 5.41) is 41.8. The Balaban J connectivity index is 2.17. The van der Waals surface area contributed by atoms with Crippen LogP contribution in [0.2, 0.25) is 0 Å². The fourth-order valence-corrected chi connectivity index (χ4v) is 4.61. The van der Waals surface area contributed by atoms with Crippen molar-refractivity contribution in [3.8, 4) is 17.2 Å². The third kappa shape index (κ3) is 5.59. The summed E-state index contributed by atoms with van der Waals surface area (Å²) in [5.41, 5.74) is 8.25. The molecule has 0 heterocycles. The van der Waals surface area contributed by atoms with E-state index in [4.69, 9.17) is 0 Å². The summed E-state index contributed by atoms with van der Waals surface area (Å²) in [5.74, 6) is 0.683. The van der Waals surface area contributed by atoms with E-state index >= 15 is 0 Å². The molecular formula is C32H41N3O3. The van der Waals surface area contributed by atoms with E-state index in [0.717, 1.165) is 46.2 Å². The third-order valence-electron chi connectivity index (χ3n) is 8.18. The van der Waals surface area contributed by atoms with Crippen molar-refractivity contribution in [3.05, 3.63) is 68.8 Å². The lowest BCUT2D eigenvalue weighted by atomic mass is 9.90. The van der Waals surface area contributed by atoms with Gasteiger partial charge in [0.1, 0.15) is 34.3 Å². The summed E-state index contributed by atoms with van der Waals surface area (Å²) in [7, 11) is 0. The molecule has 202 valence electrons. The fraction of sp³-hybridized carbons (Fsp3) is 0.406. The predicted octanol–water partition coefficient (Wildman–Crippen LogP) is 9.40. The van der Waals surface area contributed by atoms with Crippen LogP contribution in [0, 0.1) is 27.7 Å². The molecule has 6 nitrogen and oxygen atoms in total. The number of aliphatic imine (C=N–C) groups is 1. The van der Waals surface area contributed by atoms with Crippen LogP contribution in [0.4, 0.5) is 17.1 Å². The lowest BCUT2D eigenvalue weighted by molar-refractivity contribution is 0.463. The summed E-state index contributed by atoms with van der Waals surface area (Å²) < 4.78 is 0. The second-order valence-corrected chi connectivity index (χ2v) is 10.4. The summed E-state index contributed by atoms with van der Waals surface area (Å²) in [6.07, 6.45) is 2.16. The van der Waals surface area contributed by atoms with Gasteiger partial charge < -0.3 is 15.3 Å². The maximum atomic E-state index is 11.3. The van der Waals surface area contributed by atoms with Gasteiger partial charge in [-0.05, 0) is 105 Å². The van der Waals surface area contributed by atoms with Crippen LogP contribution >= 0.6 is 0 Å². The first-order valence-electron chi connectivity index (χ1n) is 13.3. The smallest absolute Gasteiger partial charge is 0.146 e. The van der Waals surface area contributed by atoms with Crippen LogP contribution in [-0.4, -0.2) is 22.0 Å². The second kappa shape index (κ2) is 11.8. The van der Waals surface area contributed by atoms with Crippen molar-refractivity contribution in [2.75, 3.05) is 0 Å². The maximum absolute atomic E-state index is 11.3. The molecule has 0 amide bonds. The Kier molecular flexibility index (Phi) is 8.97. The molecule has 0 bridgehead atoms. The van der Waals surface area contributed by atoms with Gasteiger partial charge in [-0.25, -0.2) is 0 Å². The Hall–Kier alpha value is -3.67. The molecule has 2 atom stereocenters. The first-order valence-corrected chi connectivity index (χ1v) is 13.3. The summed E-state index contributed by atoms with van der Waals surface area (Å²) in [6, 6.07) is 7.67. The lowest BCUT2D eigenvalue weighted by Gasteiger charge is -2.17. The highest BCUT2D eigenvalue weighted by molar-refractivity contribution is 5.67. The van der Waals surface area contributed by atoms with E-state index in [9.17, 15) is 15.3 Å². The third-order valence-corrected chi connectivity index (χ3v) is 8.18. The molecule has 0 saturated heterocycles. The van der Waals surface area contributed by atoms with E-state index in [2.05, 4.69) is 49.6 Å². The second-order valence-electron chi connectivity index (χ2n) is 10.4. The Morgan fingerprint density at radius 2 is 1.13 bits per heavy atom. The molecule has 3 N–H and O–H groups in total. The highest BCUT2D eigenvalue weighted by atomic mass is 16.3. The molecule has 6 heteroatoms. The molecule has 0 spiro atoms. The molecule has 0 aliphatic rings. The van der Waals surface area contributed by atoms with Gasteiger partial charge in [0.2, 0.25) is 0 Å². The van der Waals surface area contributed by atoms with E-state index < -0.39 is 0 Å². The molecule has 3 aromatic rings. The normalized spacial score (nSPS) is 13.2. The van der Waals surface area contributed by atoms with E-state index in [1.54, 1.807) is 0 Å². The van der Waals surface area contributed by atoms with Crippen LogP contribution in [0.3, 0.4) is 0 Å². The molecule has 0 saturated carbocycles. The first kappa shape index (κ1) is 28.9. The summed E-state index contributed by atoms with van der Waals surface area (Å²) >= 11 is 0. The van der Waals surface area contributed by atoms with Crippen molar-refractivity contribution in [2.24, 2.45) is 15.2 Å². The molecule has 38 heavy (non-hydrogen) atoms. The standard InChI is InChI=1S/C32H41N3O3/c1-10-17(3)23-12-25(31(37)27(15-23)33-9)14-26-13-24(18(4)11-2)16-28(32(26)38)34-35-29-21(7)19(5)20(6)22(8)30(29)36/h12-13,15-18,36-38H,9-11,14H2,1-8H3. The van der Waals surface area contributed by atoms with E-state index in [1.165, 1.54) is 0 Å². The Labute approximate surface area is 226 Å². The van der Waals surface area contributed by atoms with Gasteiger partial charge in [-0.1, -0.05) is 39.8 Å². The predicted molar refractivity (Wildman–Crippen MR) is 157 cm³/mol.